The van der Waals surface area contributed by atoms with Crippen molar-refractivity contribution >= 4 is 22.7 Å². The van der Waals surface area contributed by atoms with E-state index in [1.807, 2.05) is 30.5 Å². The summed E-state index contributed by atoms with van der Waals surface area (Å²) in [5.41, 5.74) is -0.772. The molecular formula is C12H15NOS2. The number of nitrogens with one attached hydrogen (secondary N) is 1. The molecule has 0 aliphatic heterocycles. The molecule has 2 N–H and O–H groups in total. The topological polar surface area (TPSA) is 32.3 Å². The largest absolute Gasteiger partial charge is 0.383 e. The molecule has 0 radical (unpaired) electrons. The van der Waals surface area contributed by atoms with Gasteiger partial charge in [0.1, 0.15) is 5.60 Å². The fraction of sp³-hybridized carbons (Fsp3) is 0.333. The van der Waals surface area contributed by atoms with E-state index in [4.69, 9.17) is 0 Å². The average Bonchev–Trinajstić information content (AvgIpc) is 2.90. The van der Waals surface area contributed by atoms with Crippen LogP contribution in [-0.2, 0) is 12.1 Å². The van der Waals surface area contributed by atoms with Crippen molar-refractivity contribution in [2.24, 2.45) is 0 Å². The van der Waals surface area contributed by atoms with Gasteiger partial charge in [-0.1, -0.05) is 12.1 Å². The molecule has 0 aromatic carbocycles. The molecule has 1 atom stereocenters. The Kier molecular flexibility index (Phi) is 3.76. The first-order valence-corrected chi connectivity index (χ1v) is 6.94. The van der Waals surface area contributed by atoms with E-state index in [-0.39, 0.29) is 0 Å². The first-order valence-electron chi connectivity index (χ1n) is 5.18. The van der Waals surface area contributed by atoms with Gasteiger partial charge in [0, 0.05) is 22.8 Å². The van der Waals surface area contributed by atoms with Crippen LogP contribution < -0.4 is 5.32 Å². The molecule has 2 aromatic rings. The Labute approximate surface area is 104 Å². The van der Waals surface area contributed by atoms with E-state index < -0.39 is 5.60 Å². The summed E-state index contributed by atoms with van der Waals surface area (Å²) in [7, 11) is 0. The smallest absolute Gasteiger partial charge is 0.108 e. The van der Waals surface area contributed by atoms with Crippen LogP contribution in [0.4, 0.5) is 0 Å². The van der Waals surface area contributed by atoms with Crippen molar-refractivity contribution in [1.82, 2.24) is 5.32 Å². The lowest BCUT2D eigenvalue weighted by molar-refractivity contribution is 0.0605. The number of rotatable bonds is 5. The van der Waals surface area contributed by atoms with Crippen LogP contribution >= 0.6 is 22.7 Å². The summed E-state index contributed by atoms with van der Waals surface area (Å²) < 4.78 is 0. The van der Waals surface area contributed by atoms with Gasteiger partial charge in [0.25, 0.3) is 0 Å². The van der Waals surface area contributed by atoms with Crippen molar-refractivity contribution in [3.63, 3.8) is 0 Å². The molecule has 2 heterocycles. The monoisotopic (exact) mass is 253 g/mol. The van der Waals surface area contributed by atoms with Crippen molar-refractivity contribution in [1.29, 1.82) is 0 Å². The predicted octanol–water partition coefficient (Wildman–Crippen LogP) is 2.81. The van der Waals surface area contributed by atoms with E-state index >= 15 is 0 Å². The van der Waals surface area contributed by atoms with Gasteiger partial charge < -0.3 is 10.4 Å². The Bertz CT molecular complexity index is 406. The van der Waals surface area contributed by atoms with E-state index in [2.05, 4.69) is 16.8 Å². The molecule has 0 saturated heterocycles. The van der Waals surface area contributed by atoms with Crippen LogP contribution in [-0.4, -0.2) is 11.7 Å². The van der Waals surface area contributed by atoms with Crippen molar-refractivity contribution in [3.8, 4) is 0 Å². The molecule has 1 unspecified atom stereocenters. The predicted molar refractivity (Wildman–Crippen MR) is 69.9 cm³/mol. The Morgan fingerprint density at radius 1 is 1.25 bits per heavy atom. The Balaban J connectivity index is 1.85. The van der Waals surface area contributed by atoms with Gasteiger partial charge in [-0.15, -0.1) is 22.7 Å². The molecule has 0 saturated carbocycles. The van der Waals surface area contributed by atoms with Gasteiger partial charge in [-0.05, 0) is 29.8 Å². The normalized spacial score (nSPS) is 14.9. The molecule has 4 heteroatoms. The molecule has 0 aliphatic carbocycles. The average molecular weight is 253 g/mol. The van der Waals surface area contributed by atoms with Crippen LogP contribution in [0.5, 0.6) is 0 Å². The van der Waals surface area contributed by atoms with E-state index in [1.165, 1.54) is 4.88 Å². The second-order valence-electron chi connectivity index (χ2n) is 3.93. The fourth-order valence-electron chi connectivity index (χ4n) is 1.51. The summed E-state index contributed by atoms with van der Waals surface area (Å²) in [5.74, 6) is 0. The minimum atomic E-state index is -0.772. The zero-order chi connectivity index (χ0) is 11.4. The maximum Gasteiger partial charge on any atom is 0.108 e. The highest BCUT2D eigenvalue weighted by atomic mass is 32.1. The number of thiophene rings is 2. The van der Waals surface area contributed by atoms with Crippen molar-refractivity contribution in [2.75, 3.05) is 6.54 Å². The van der Waals surface area contributed by atoms with Gasteiger partial charge in [0.15, 0.2) is 0 Å². The minimum absolute atomic E-state index is 0.575. The standard InChI is InChI=1S/C12H15NOS2/c1-12(14,11-5-3-7-16-11)9-13-8-10-4-2-6-15-10/h2-7,13-14H,8-9H2,1H3. The number of hydrogen-bond acceptors (Lipinski definition) is 4. The molecule has 16 heavy (non-hydrogen) atoms. The summed E-state index contributed by atoms with van der Waals surface area (Å²) in [6.45, 7) is 3.24. The molecule has 86 valence electrons. The summed E-state index contributed by atoms with van der Waals surface area (Å²) >= 11 is 3.32. The van der Waals surface area contributed by atoms with E-state index in [0.717, 1.165) is 11.4 Å². The quantitative estimate of drug-likeness (QED) is 0.859. The third-order valence-corrected chi connectivity index (χ3v) is 4.40. The first kappa shape index (κ1) is 11.8. The zero-order valence-electron chi connectivity index (χ0n) is 9.14. The molecule has 2 nitrogen and oxygen atoms in total. The third-order valence-electron chi connectivity index (χ3n) is 2.40. The van der Waals surface area contributed by atoms with Gasteiger partial charge in [0.2, 0.25) is 0 Å². The van der Waals surface area contributed by atoms with E-state index in [0.29, 0.717) is 6.54 Å². The Morgan fingerprint density at radius 3 is 2.62 bits per heavy atom. The highest BCUT2D eigenvalue weighted by molar-refractivity contribution is 7.10. The van der Waals surface area contributed by atoms with Gasteiger partial charge >= 0.3 is 0 Å². The van der Waals surface area contributed by atoms with E-state index in [1.54, 1.807) is 22.7 Å². The van der Waals surface area contributed by atoms with Gasteiger partial charge in [-0.25, -0.2) is 0 Å². The maximum atomic E-state index is 10.3. The van der Waals surface area contributed by atoms with Crippen LogP contribution in [0, 0.1) is 0 Å². The van der Waals surface area contributed by atoms with Crippen LogP contribution in [0.25, 0.3) is 0 Å². The second kappa shape index (κ2) is 5.10. The van der Waals surface area contributed by atoms with Crippen LogP contribution in [0.15, 0.2) is 35.0 Å². The lowest BCUT2D eigenvalue weighted by Crippen LogP contribution is -2.34. The lowest BCUT2D eigenvalue weighted by atomic mass is 10.1. The fourth-order valence-corrected chi connectivity index (χ4v) is 2.98. The van der Waals surface area contributed by atoms with Crippen LogP contribution in [0.1, 0.15) is 16.7 Å². The number of hydrogen-bond donors (Lipinski definition) is 2. The second-order valence-corrected chi connectivity index (χ2v) is 5.91. The summed E-state index contributed by atoms with van der Waals surface area (Å²) in [4.78, 5) is 2.30. The number of aliphatic hydroxyl groups is 1. The maximum absolute atomic E-state index is 10.3. The van der Waals surface area contributed by atoms with Crippen molar-refractivity contribution < 1.29 is 5.11 Å². The zero-order valence-corrected chi connectivity index (χ0v) is 10.8. The van der Waals surface area contributed by atoms with E-state index in [9.17, 15) is 5.11 Å². The van der Waals surface area contributed by atoms with Crippen molar-refractivity contribution in [2.45, 2.75) is 19.1 Å². The molecule has 0 bridgehead atoms. The van der Waals surface area contributed by atoms with Gasteiger partial charge in [-0.3, -0.25) is 0 Å². The van der Waals surface area contributed by atoms with Crippen LogP contribution in [0.2, 0.25) is 0 Å². The molecule has 0 aliphatic rings. The minimum Gasteiger partial charge on any atom is -0.383 e. The highest BCUT2D eigenvalue weighted by Crippen LogP contribution is 2.24. The Morgan fingerprint density at radius 2 is 2.00 bits per heavy atom. The summed E-state index contributed by atoms with van der Waals surface area (Å²) in [6.07, 6.45) is 0. The molecule has 0 amide bonds. The summed E-state index contributed by atoms with van der Waals surface area (Å²) in [6, 6.07) is 8.07. The lowest BCUT2D eigenvalue weighted by Gasteiger charge is -2.22. The summed E-state index contributed by atoms with van der Waals surface area (Å²) in [5, 5.41) is 17.6. The molecule has 0 spiro atoms. The molecular weight excluding hydrogens is 238 g/mol. The van der Waals surface area contributed by atoms with Crippen molar-refractivity contribution in [3.05, 3.63) is 44.8 Å². The first-order chi connectivity index (χ1) is 7.68. The third kappa shape index (κ3) is 2.92. The molecule has 2 rings (SSSR count). The van der Waals surface area contributed by atoms with Crippen LogP contribution in [0.3, 0.4) is 0 Å². The highest BCUT2D eigenvalue weighted by Gasteiger charge is 2.23. The molecule has 2 aromatic heterocycles. The molecule has 0 fully saturated rings. The van der Waals surface area contributed by atoms with Gasteiger partial charge in [0.05, 0.1) is 0 Å². The Hall–Kier alpha value is -0.680. The SMILES string of the molecule is CC(O)(CNCc1cccs1)c1cccs1. The van der Waals surface area contributed by atoms with Gasteiger partial charge in [-0.2, -0.15) is 0 Å².